The van der Waals surface area contributed by atoms with Crippen molar-refractivity contribution in [3.63, 3.8) is 0 Å². The zero-order valence-corrected chi connectivity index (χ0v) is 16.5. The molecule has 0 atom stereocenters. The fourth-order valence-electron chi connectivity index (χ4n) is 4.01. The Morgan fingerprint density at radius 1 is 1.00 bits per heavy atom. The van der Waals surface area contributed by atoms with Crippen LogP contribution in [0.4, 0.5) is 11.6 Å². The normalized spacial score (nSPS) is 17.0. The maximum absolute atomic E-state index is 12.4. The second kappa shape index (κ2) is 6.14. The van der Waals surface area contributed by atoms with Crippen molar-refractivity contribution in [2.75, 3.05) is 17.2 Å². The van der Waals surface area contributed by atoms with E-state index in [1.165, 1.54) is 5.56 Å². The van der Waals surface area contributed by atoms with Gasteiger partial charge in [0, 0.05) is 35.6 Å². The summed E-state index contributed by atoms with van der Waals surface area (Å²) in [6.45, 7) is 2.48. The van der Waals surface area contributed by atoms with Gasteiger partial charge >= 0.3 is 0 Å². The average molecular weight is 391 g/mol. The molecule has 2 heterocycles. The molecule has 0 saturated heterocycles. The van der Waals surface area contributed by atoms with Crippen LogP contribution in [0, 0.1) is 0 Å². The third kappa shape index (κ3) is 2.71. The van der Waals surface area contributed by atoms with Gasteiger partial charge in [0.15, 0.2) is 9.84 Å². The van der Waals surface area contributed by atoms with Crippen LogP contribution >= 0.6 is 0 Å². The van der Waals surface area contributed by atoms with Crippen molar-refractivity contribution in [3.8, 4) is 11.1 Å². The van der Waals surface area contributed by atoms with Gasteiger partial charge in [0.05, 0.1) is 10.6 Å². The number of aromatic nitrogens is 2. The van der Waals surface area contributed by atoms with Gasteiger partial charge in [0.25, 0.3) is 0 Å². The molecule has 142 valence electrons. The van der Waals surface area contributed by atoms with Gasteiger partial charge in [-0.2, -0.15) is 0 Å². The Hall–Kier alpha value is -2.73. The molecule has 1 spiro atoms. The molecule has 1 aliphatic carbocycles. The first kappa shape index (κ1) is 17.4. The number of hydrogen-bond acceptors (Lipinski definition) is 5. The van der Waals surface area contributed by atoms with E-state index in [9.17, 15) is 8.42 Å². The monoisotopic (exact) mass is 391 g/mol. The third-order valence-corrected chi connectivity index (χ3v) is 7.60. The summed E-state index contributed by atoms with van der Waals surface area (Å²) < 4.78 is 24.7. The minimum absolute atomic E-state index is 0.0964. The largest absolute Gasteiger partial charge is 0.309 e. The van der Waals surface area contributed by atoms with E-state index in [2.05, 4.69) is 14.9 Å². The van der Waals surface area contributed by atoms with Crippen LogP contribution < -0.4 is 4.90 Å². The Balaban J connectivity index is 1.55. The minimum Gasteiger partial charge on any atom is -0.309 e. The molecule has 1 fully saturated rings. The second-order valence-electron chi connectivity index (χ2n) is 7.59. The summed E-state index contributed by atoms with van der Waals surface area (Å²) in [4.78, 5) is 11.7. The highest BCUT2D eigenvalue weighted by molar-refractivity contribution is 7.91. The van der Waals surface area contributed by atoms with Crippen LogP contribution in [0.1, 0.15) is 25.3 Å². The smallest absolute Gasteiger partial charge is 0.229 e. The minimum atomic E-state index is -3.25. The van der Waals surface area contributed by atoms with Crippen LogP contribution in [0.3, 0.4) is 0 Å². The Kier molecular flexibility index (Phi) is 3.81. The van der Waals surface area contributed by atoms with E-state index < -0.39 is 9.84 Å². The zero-order valence-electron chi connectivity index (χ0n) is 15.7. The van der Waals surface area contributed by atoms with Crippen molar-refractivity contribution in [2.24, 2.45) is 0 Å². The highest BCUT2D eigenvalue weighted by atomic mass is 32.2. The highest BCUT2D eigenvalue weighted by Crippen LogP contribution is 2.58. The highest BCUT2D eigenvalue weighted by Gasteiger charge is 2.52. The molecule has 1 aromatic heterocycles. The number of benzene rings is 2. The fourth-order valence-corrected chi connectivity index (χ4v) is 4.91. The molecular formula is C22H21N3O2S. The summed E-state index contributed by atoms with van der Waals surface area (Å²) >= 11 is 0. The molecular weight excluding hydrogens is 370 g/mol. The van der Waals surface area contributed by atoms with Crippen LogP contribution in [0.15, 0.2) is 65.8 Å². The number of rotatable bonds is 4. The molecule has 0 N–H and O–H groups in total. The molecule has 6 heteroatoms. The maximum atomic E-state index is 12.4. The first-order valence-electron chi connectivity index (χ1n) is 9.55. The quantitative estimate of drug-likeness (QED) is 0.669. The Bertz CT molecular complexity index is 1140. The molecule has 0 radical (unpaired) electrons. The number of fused-ring (bicyclic) bond motifs is 2. The van der Waals surface area contributed by atoms with Crippen LogP contribution in [-0.2, 0) is 15.3 Å². The summed E-state index contributed by atoms with van der Waals surface area (Å²) in [5, 5.41) is 0. The van der Waals surface area contributed by atoms with E-state index in [-0.39, 0.29) is 11.2 Å². The van der Waals surface area contributed by atoms with Crippen molar-refractivity contribution in [1.82, 2.24) is 9.97 Å². The standard InChI is InChI=1S/C22H21N3O2S/c1-2-28(26,27)18-8-9-19-20(12-18)25(15-22(19)10-11-22)21-23-13-17(14-24-21)16-6-4-3-5-7-16/h3-9,12-14H,2,10-11,15H2,1H3. The Labute approximate surface area is 165 Å². The van der Waals surface area contributed by atoms with E-state index in [1.54, 1.807) is 19.1 Å². The van der Waals surface area contributed by atoms with Crippen molar-refractivity contribution < 1.29 is 8.42 Å². The predicted molar refractivity (Wildman–Crippen MR) is 110 cm³/mol. The molecule has 2 aliphatic rings. The van der Waals surface area contributed by atoms with Crippen molar-refractivity contribution in [2.45, 2.75) is 30.1 Å². The summed E-state index contributed by atoms with van der Waals surface area (Å²) in [6.07, 6.45) is 5.92. The van der Waals surface area contributed by atoms with Gasteiger partial charge in [-0.15, -0.1) is 0 Å². The topological polar surface area (TPSA) is 63.2 Å². The first-order chi connectivity index (χ1) is 13.5. The van der Waals surface area contributed by atoms with Gasteiger partial charge in [-0.25, -0.2) is 18.4 Å². The van der Waals surface area contributed by atoms with Gasteiger partial charge in [-0.3, -0.25) is 0 Å². The van der Waals surface area contributed by atoms with E-state index in [4.69, 9.17) is 0 Å². The summed E-state index contributed by atoms with van der Waals surface area (Å²) in [7, 11) is -3.25. The van der Waals surface area contributed by atoms with Crippen LogP contribution in [-0.4, -0.2) is 30.7 Å². The van der Waals surface area contributed by atoms with E-state index in [1.807, 2.05) is 48.8 Å². The van der Waals surface area contributed by atoms with Gasteiger partial charge < -0.3 is 4.90 Å². The lowest BCUT2D eigenvalue weighted by Gasteiger charge is -2.18. The zero-order chi connectivity index (χ0) is 19.4. The predicted octanol–water partition coefficient (Wildman–Crippen LogP) is 4.12. The molecule has 5 rings (SSSR count). The molecule has 0 unspecified atom stereocenters. The molecule has 1 aliphatic heterocycles. The number of sulfone groups is 1. The fraction of sp³-hybridized carbons (Fsp3) is 0.273. The van der Waals surface area contributed by atoms with Crippen molar-refractivity contribution in [3.05, 3.63) is 66.5 Å². The van der Waals surface area contributed by atoms with Crippen LogP contribution in [0.5, 0.6) is 0 Å². The number of hydrogen-bond donors (Lipinski definition) is 0. The lowest BCUT2D eigenvalue weighted by Crippen LogP contribution is -2.21. The third-order valence-electron chi connectivity index (χ3n) is 5.87. The molecule has 28 heavy (non-hydrogen) atoms. The Morgan fingerprint density at radius 2 is 1.71 bits per heavy atom. The number of nitrogens with zero attached hydrogens (tertiary/aromatic N) is 3. The lowest BCUT2D eigenvalue weighted by atomic mass is 9.99. The average Bonchev–Trinajstić information content (AvgIpc) is 3.45. The van der Waals surface area contributed by atoms with E-state index in [0.29, 0.717) is 10.8 Å². The molecule has 1 saturated carbocycles. The van der Waals surface area contributed by atoms with Crippen molar-refractivity contribution in [1.29, 1.82) is 0 Å². The van der Waals surface area contributed by atoms with Crippen LogP contribution in [0.25, 0.3) is 11.1 Å². The summed E-state index contributed by atoms with van der Waals surface area (Å²) in [6, 6.07) is 15.6. The van der Waals surface area contributed by atoms with Gasteiger partial charge in [0.2, 0.25) is 5.95 Å². The van der Waals surface area contributed by atoms with Gasteiger partial charge in [0.1, 0.15) is 0 Å². The molecule has 0 bridgehead atoms. The molecule has 2 aromatic carbocycles. The van der Waals surface area contributed by atoms with Crippen LogP contribution in [0.2, 0.25) is 0 Å². The second-order valence-corrected chi connectivity index (χ2v) is 9.86. The SMILES string of the molecule is CCS(=O)(=O)c1ccc2c(c1)N(c1ncc(-c3ccccc3)cn1)CC21CC1. The maximum Gasteiger partial charge on any atom is 0.229 e. The first-order valence-corrected chi connectivity index (χ1v) is 11.2. The molecule has 0 amide bonds. The van der Waals surface area contributed by atoms with Gasteiger partial charge in [-0.1, -0.05) is 43.3 Å². The van der Waals surface area contributed by atoms with E-state index >= 15 is 0 Å². The van der Waals surface area contributed by atoms with E-state index in [0.717, 1.165) is 36.2 Å². The Morgan fingerprint density at radius 3 is 2.36 bits per heavy atom. The van der Waals surface area contributed by atoms with Crippen molar-refractivity contribution >= 4 is 21.5 Å². The molecule has 3 aromatic rings. The summed E-state index contributed by atoms with van der Waals surface area (Å²) in [5.41, 5.74) is 4.32. The number of anilines is 2. The molecule has 5 nitrogen and oxygen atoms in total. The van der Waals surface area contributed by atoms with Gasteiger partial charge in [-0.05, 0) is 36.1 Å². The summed E-state index contributed by atoms with van der Waals surface area (Å²) in [5.74, 6) is 0.717. The lowest BCUT2D eigenvalue weighted by molar-refractivity contribution is 0.597.